The Kier molecular flexibility index (Phi) is 9.26. The van der Waals surface area contributed by atoms with E-state index in [2.05, 4.69) is 254 Å². The van der Waals surface area contributed by atoms with E-state index < -0.39 is 0 Å². The third kappa shape index (κ3) is 6.73. The van der Waals surface area contributed by atoms with Crippen LogP contribution >= 0.6 is 0 Å². The Hall–Kier alpha value is -8.00. The molecule has 0 fully saturated rings. The number of fused-ring (bicyclic) bond motifs is 4. The van der Waals surface area contributed by atoms with Gasteiger partial charge in [0.2, 0.25) is 0 Å². The highest BCUT2D eigenvalue weighted by Gasteiger charge is 2.23. The Morgan fingerprint density at radius 3 is 1.43 bits per heavy atom. The first kappa shape index (κ1) is 36.1. The second-order valence-electron chi connectivity index (χ2n) is 15.7. The maximum atomic E-state index is 2.44. The summed E-state index contributed by atoms with van der Waals surface area (Å²) in [6.07, 6.45) is 0. The second-order valence-corrected chi connectivity index (χ2v) is 15.7. The van der Waals surface area contributed by atoms with Crippen LogP contribution in [0.15, 0.2) is 249 Å². The molecule has 0 spiro atoms. The van der Waals surface area contributed by atoms with Gasteiger partial charge in [0.05, 0.1) is 5.69 Å². The lowest BCUT2D eigenvalue weighted by Crippen LogP contribution is -2.12. The van der Waals surface area contributed by atoms with Gasteiger partial charge in [0, 0.05) is 16.9 Å². The predicted octanol–water partition coefficient (Wildman–Crippen LogP) is 17.0. The summed E-state index contributed by atoms with van der Waals surface area (Å²) in [6.45, 7) is 0. The maximum Gasteiger partial charge on any atom is 0.0546 e. The van der Waals surface area contributed by atoms with Crippen molar-refractivity contribution in [3.8, 4) is 55.6 Å². The molecule has 0 aliphatic heterocycles. The van der Waals surface area contributed by atoms with Gasteiger partial charge in [-0.2, -0.15) is 0 Å². The van der Waals surface area contributed by atoms with E-state index in [9.17, 15) is 0 Å². The van der Waals surface area contributed by atoms with Crippen LogP contribution in [0.2, 0.25) is 0 Å². The summed E-state index contributed by atoms with van der Waals surface area (Å²) in [5, 5.41) is 7.46. The zero-order valence-electron chi connectivity index (χ0n) is 33.6. The highest BCUT2D eigenvalue weighted by atomic mass is 15.1. The number of hydrogen-bond donors (Lipinski definition) is 0. The highest BCUT2D eigenvalue weighted by Crippen LogP contribution is 2.48. The Bertz CT molecular complexity index is 3330. The lowest BCUT2D eigenvalue weighted by Gasteiger charge is -2.30. The van der Waals surface area contributed by atoms with Crippen molar-refractivity contribution in [2.24, 2.45) is 0 Å². The Morgan fingerprint density at radius 2 is 0.705 bits per heavy atom. The number of rotatable bonds is 8. The summed E-state index contributed by atoms with van der Waals surface area (Å²) < 4.78 is 0. The molecule has 0 amide bonds. The topological polar surface area (TPSA) is 3.24 Å². The van der Waals surface area contributed by atoms with Crippen molar-refractivity contribution in [1.29, 1.82) is 0 Å². The van der Waals surface area contributed by atoms with Crippen molar-refractivity contribution in [2.45, 2.75) is 0 Å². The van der Waals surface area contributed by atoms with Crippen LogP contribution in [0.25, 0.3) is 88.0 Å². The van der Waals surface area contributed by atoms with Crippen molar-refractivity contribution in [2.75, 3.05) is 4.90 Å². The average Bonchev–Trinajstić information content (AvgIpc) is 3.34. The van der Waals surface area contributed by atoms with Crippen LogP contribution in [0.4, 0.5) is 17.1 Å². The summed E-state index contributed by atoms with van der Waals surface area (Å²) in [4.78, 5) is 2.44. The summed E-state index contributed by atoms with van der Waals surface area (Å²) in [5.74, 6) is 0. The molecule has 11 aromatic carbocycles. The molecule has 0 aromatic heterocycles. The maximum absolute atomic E-state index is 2.44. The van der Waals surface area contributed by atoms with Crippen LogP contribution in [0, 0.1) is 0 Å². The van der Waals surface area contributed by atoms with Gasteiger partial charge < -0.3 is 4.90 Å². The molecule has 11 rings (SSSR count). The summed E-state index contributed by atoms with van der Waals surface area (Å²) >= 11 is 0. The van der Waals surface area contributed by atoms with E-state index in [1.165, 1.54) is 82.4 Å². The molecule has 0 aliphatic rings. The van der Waals surface area contributed by atoms with E-state index in [4.69, 9.17) is 0 Å². The molecule has 0 aliphatic carbocycles. The molecule has 286 valence electrons. The molecule has 0 unspecified atom stereocenters. The van der Waals surface area contributed by atoms with Crippen LogP contribution in [-0.2, 0) is 0 Å². The number of anilines is 3. The van der Waals surface area contributed by atoms with Gasteiger partial charge in [-0.25, -0.2) is 0 Å². The molecule has 0 atom stereocenters. The van der Waals surface area contributed by atoms with E-state index in [0.29, 0.717) is 0 Å². The first-order valence-electron chi connectivity index (χ1n) is 21.0. The molecule has 61 heavy (non-hydrogen) atoms. The zero-order chi connectivity index (χ0) is 40.5. The predicted molar refractivity (Wildman–Crippen MR) is 261 cm³/mol. The van der Waals surface area contributed by atoms with Crippen molar-refractivity contribution in [3.05, 3.63) is 249 Å². The fourth-order valence-electron chi connectivity index (χ4n) is 9.14. The van der Waals surface area contributed by atoms with Crippen molar-refractivity contribution in [1.82, 2.24) is 0 Å². The minimum atomic E-state index is 1.08. The summed E-state index contributed by atoms with van der Waals surface area (Å²) in [5.41, 5.74) is 15.2. The molecule has 1 heteroatoms. The molecule has 0 saturated carbocycles. The first-order valence-corrected chi connectivity index (χ1v) is 21.0. The van der Waals surface area contributed by atoms with Crippen molar-refractivity contribution in [3.63, 3.8) is 0 Å². The number of hydrogen-bond acceptors (Lipinski definition) is 1. The van der Waals surface area contributed by atoms with Gasteiger partial charge in [-0.15, -0.1) is 0 Å². The van der Waals surface area contributed by atoms with Crippen molar-refractivity contribution < 1.29 is 0 Å². The average molecular weight is 776 g/mol. The fourth-order valence-corrected chi connectivity index (χ4v) is 9.14. The Balaban J connectivity index is 1.17. The first-order chi connectivity index (χ1) is 30.3. The van der Waals surface area contributed by atoms with E-state index in [0.717, 1.165) is 22.6 Å². The van der Waals surface area contributed by atoms with Gasteiger partial charge in [-0.1, -0.05) is 206 Å². The molecular weight excluding hydrogens is 735 g/mol. The van der Waals surface area contributed by atoms with Gasteiger partial charge in [0.25, 0.3) is 0 Å². The third-order valence-electron chi connectivity index (χ3n) is 12.1. The molecule has 0 heterocycles. The lowest BCUT2D eigenvalue weighted by molar-refractivity contribution is 1.28. The largest absolute Gasteiger partial charge is 0.310 e. The van der Waals surface area contributed by atoms with Gasteiger partial charge in [-0.3, -0.25) is 0 Å². The van der Waals surface area contributed by atoms with Gasteiger partial charge in [-0.05, 0) is 125 Å². The molecule has 11 aromatic rings. The van der Waals surface area contributed by atoms with Gasteiger partial charge >= 0.3 is 0 Å². The summed E-state index contributed by atoms with van der Waals surface area (Å²) in [7, 11) is 0. The van der Waals surface area contributed by atoms with Gasteiger partial charge in [0.15, 0.2) is 0 Å². The zero-order valence-corrected chi connectivity index (χ0v) is 33.6. The van der Waals surface area contributed by atoms with Crippen LogP contribution in [0.3, 0.4) is 0 Å². The van der Waals surface area contributed by atoms with E-state index in [1.807, 2.05) is 0 Å². The minimum Gasteiger partial charge on any atom is -0.310 e. The standard InChI is InChI=1S/C60H41N/c1-3-16-42(17-4-1)44-32-36-50(37-33-44)61(51-38-34-46(35-39-51)53-29-14-22-45-20-7-9-25-52(45)53)59-31-15-30-57(60(59)49-24-13-23-47(40-49)43-18-5-2-6-19-43)58-41-48-21-8-10-26-54(48)55-27-11-12-28-56(55)58/h1-41H. The minimum absolute atomic E-state index is 1.08. The smallest absolute Gasteiger partial charge is 0.0546 e. The van der Waals surface area contributed by atoms with E-state index in [-0.39, 0.29) is 0 Å². The molecule has 0 N–H and O–H groups in total. The van der Waals surface area contributed by atoms with Crippen LogP contribution < -0.4 is 4.90 Å². The molecule has 1 nitrogen and oxygen atoms in total. The highest BCUT2D eigenvalue weighted by molar-refractivity contribution is 6.15. The van der Waals surface area contributed by atoms with Crippen molar-refractivity contribution >= 4 is 49.4 Å². The number of benzene rings is 11. The van der Waals surface area contributed by atoms with E-state index >= 15 is 0 Å². The number of nitrogens with zero attached hydrogens (tertiary/aromatic N) is 1. The molecular formula is C60H41N. The van der Waals surface area contributed by atoms with E-state index in [1.54, 1.807) is 0 Å². The second kappa shape index (κ2) is 15.6. The lowest BCUT2D eigenvalue weighted by atomic mass is 9.87. The normalized spacial score (nSPS) is 11.3. The van der Waals surface area contributed by atoms with Crippen LogP contribution in [-0.4, -0.2) is 0 Å². The molecule has 0 saturated heterocycles. The SMILES string of the molecule is c1ccc(-c2ccc(N(c3ccc(-c4cccc5ccccc45)cc3)c3cccc(-c4cc5ccccc5c5ccccc45)c3-c3cccc(-c4ccccc4)c3)cc2)cc1. The quantitative estimate of drug-likeness (QED) is 0.139. The third-order valence-corrected chi connectivity index (χ3v) is 12.1. The van der Waals surface area contributed by atoms with Crippen LogP contribution in [0.5, 0.6) is 0 Å². The molecule has 0 radical (unpaired) electrons. The summed E-state index contributed by atoms with van der Waals surface area (Å²) in [6, 6.07) is 90.6. The monoisotopic (exact) mass is 775 g/mol. The Morgan fingerprint density at radius 1 is 0.230 bits per heavy atom. The van der Waals surface area contributed by atoms with Crippen LogP contribution in [0.1, 0.15) is 0 Å². The molecule has 0 bridgehead atoms. The fraction of sp³-hybridized carbons (Fsp3) is 0. The Labute approximate surface area is 357 Å². The van der Waals surface area contributed by atoms with Gasteiger partial charge in [0.1, 0.15) is 0 Å².